The van der Waals surface area contributed by atoms with E-state index in [1.54, 1.807) is 0 Å². The van der Waals surface area contributed by atoms with Crippen molar-refractivity contribution in [2.24, 2.45) is 0 Å². The average molecular weight is 481 g/mol. The summed E-state index contributed by atoms with van der Waals surface area (Å²) in [5, 5.41) is 2.42. The first-order valence-corrected chi connectivity index (χ1v) is 19.8. The monoisotopic (exact) mass is 480 g/mol. The highest BCUT2D eigenvalue weighted by molar-refractivity contribution is 7.80. The van der Waals surface area contributed by atoms with Gasteiger partial charge in [-0.05, 0) is 73.0 Å². The Balaban J connectivity index is 2.59. The van der Waals surface area contributed by atoms with E-state index in [4.69, 9.17) is 8.23 Å². The van der Waals surface area contributed by atoms with Gasteiger partial charge in [0, 0.05) is 0 Å². The molecular formula is C22H36O2S2Si3. The first-order chi connectivity index (χ1) is 13.7. The molecule has 0 aromatic heterocycles. The van der Waals surface area contributed by atoms with Crippen molar-refractivity contribution < 1.29 is 8.23 Å². The van der Waals surface area contributed by atoms with Gasteiger partial charge < -0.3 is 8.23 Å². The van der Waals surface area contributed by atoms with Crippen LogP contribution in [-0.2, 0) is 8.23 Å². The van der Waals surface area contributed by atoms with Crippen molar-refractivity contribution in [3.05, 3.63) is 60.7 Å². The van der Waals surface area contributed by atoms with E-state index < -0.39 is 25.2 Å². The molecule has 160 valence electrons. The van der Waals surface area contributed by atoms with Gasteiger partial charge in [-0.1, -0.05) is 60.7 Å². The predicted molar refractivity (Wildman–Crippen MR) is 142 cm³/mol. The molecule has 2 nitrogen and oxygen atoms in total. The lowest BCUT2D eigenvalue weighted by Gasteiger charge is -2.43. The zero-order valence-electron chi connectivity index (χ0n) is 18.2. The molecule has 0 unspecified atom stereocenters. The normalized spacial score (nSPS) is 12.9. The van der Waals surface area contributed by atoms with E-state index in [0.29, 0.717) is 0 Å². The highest BCUT2D eigenvalue weighted by Gasteiger charge is 2.49. The van der Waals surface area contributed by atoms with Crippen molar-refractivity contribution >= 4 is 60.8 Å². The van der Waals surface area contributed by atoms with Gasteiger partial charge in [-0.15, -0.1) is 0 Å². The maximum absolute atomic E-state index is 7.25. The van der Waals surface area contributed by atoms with Crippen molar-refractivity contribution in [3.8, 4) is 0 Å². The van der Waals surface area contributed by atoms with E-state index in [-0.39, 0.29) is 0 Å². The van der Waals surface area contributed by atoms with Gasteiger partial charge in [-0.3, -0.25) is 0 Å². The van der Waals surface area contributed by atoms with Crippen LogP contribution < -0.4 is 10.4 Å². The molecule has 2 aromatic carbocycles. The Kier molecular flexibility index (Phi) is 9.79. The van der Waals surface area contributed by atoms with Crippen LogP contribution in [0.2, 0.25) is 38.3 Å². The summed E-state index contributed by atoms with van der Waals surface area (Å²) in [4.78, 5) is 0. The van der Waals surface area contributed by atoms with Crippen LogP contribution in [-0.4, -0.2) is 36.7 Å². The molecule has 7 heteroatoms. The van der Waals surface area contributed by atoms with E-state index in [1.807, 2.05) is 0 Å². The third-order valence-electron chi connectivity index (χ3n) is 5.02. The summed E-state index contributed by atoms with van der Waals surface area (Å²) in [7, 11) is -6.77. The first kappa shape index (κ1) is 25.0. The smallest absolute Gasteiger partial charge is 0.386 e. The van der Waals surface area contributed by atoms with E-state index in [0.717, 1.165) is 36.4 Å². The standard InChI is InChI=1S/C22H36O2S2Si3/c1-27(2,19-11-17-25)23-29(21-13-7-5-8-14-21,22-15-9-6-10-16-22)24-28(3,4)20-12-18-26/h5-10,13-16,25-26H,11-12,17-20H2,1-4H3. The molecule has 0 saturated heterocycles. The summed E-state index contributed by atoms with van der Waals surface area (Å²) in [6.07, 6.45) is 2.16. The molecule has 0 aliphatic rings. The van der Waals surface area contributed by atoms with E-state index >= 15 is 0 Å². The van der Waals surface area contributed by atoms with Crippen LogP contribution >= 0.6 is 25.3 Å². The van der Waals surface area contributed by atoms with Crippen molar-refractivity contribution in [1.29, 1.82) is 0 Å². The van der Waals surface area contributed by atoms with Gasteiger partial charge in [0.05, 0.1) is 0 Å². The molecule has 0 radical (unpaired) electrons. The van der Waals surface area contributed by atoms with Gasteiger partial charge in [0.1, 0.15) is 0 Å². The molecule has 0 saturated carbocycles. The fourth-order valence-corrected chi connectivity index (χ4v) is 17.7. The lowest BCUT2D eigenvalue weighted by atomic mass is 10.4. The molecule has 0 bridgehead atoms. The van der Waals surface area contributed by atoms with Gasteiger partial charge in [0.15, 0.2) is 16.6 Å². The van der Waals surface area contributed by atoms with Crippen LogP contribution in [0.1, 0.15) is 12.8 Å². The zero-order chi connectivity index (χ0) is 21.4. The molecule has 2 rings (SSSR count). The number of benzene rings is 2. The molecule has 29 heavy (non-hydrogen) atoms. The van der Waals surface area contributed by atoms with Crippen LogP contribution in [0.4, 0.5) is 0 Å². The predicted octanol–water partition coefficient (Wildman–Crippen LogP) is 5.33. The highest BCUT2D eigenvalue weighted by atomic mass is 32.1. The first-order valence-electron chi connectivity index (χ1n) is 10.5. The second kappa shape index (κ2) is 11.4. The Hall–Kier alpha value is -0.289. The van der Waals surface area contributed by atoms with Gasteiger partial charge in [0.2, 0.25) is 0 Å². The number of hydrogen-bond donors (Lipinski definition) is 2. The topological polar surface area (TPSA) is 18.5 Å². The highest BCUT2D eigenvalue weighted by Crippen LogP contribution is 2.27. The fraction of sp³-hybridized carbons (Fsp3) is 0.455. The Morgan fingerprint density at radius 1 is 0.621 bits per heavy atom. The second-order valence-corrected chi connectivity index (χ2v) is 21.7. The molecule has 0 N–H and O–H groups in total. The summed E-state index contributed by atoms with van der Waals surface area (Å²) < 4.78 is 14.5. The van der Waals surface area contributed by atoms with Crippen molar-refractivity contribution in [1.82, 2.24) is 0 Å². The van der Waals surface area contributed by atoms with E-state index in [9.17, 15) is 0 Å². The van der Waals surface area contributed by atoms with Crippen LogP contribution in [0.5, 0.6) is 0 Å². The summed E-state index contributed by atoms with van der Waals surface area (Å²) in [6, 6.07) is 23.6. The van der Waals surface area contributed by atoms with Crippen molar-refractivity contribution in [2.45, 2.75) is 51.1 Å². The quantitative estimate of drug-likeness (QED) is 0.316. The average Bonchev–Trinajstić information content (AvgIpc) is 2.71. The molecule has 0 atom stereocenters. The fourth-order valence-electron chi connectivity index (χ4n) is 3.63. The molecular weight excluding hydrogens is 445 g/mol. The maximum atomic E-state index is 7.25. The minimum atomic E-state index is -2.84. The molecule has 0 spiro atoms. The van der Waals surface area contributed by atoms with Crippen LogP contribution in [0, 0.1) is 0 Å². The lowest BCUT2D eigenvalue weighted by Crippen LogP contribution is -2.70. The Labute approximate surface area is 191 Å². The Morgan fingerprint density at radius 3 is 1.28 bits per heavy atom. The van der Waals surface area contributed by atoms with E-state index in [2.05, 4.69) is 112 Å². The third kappa shape index (κ3) is 7.41. The Morgan fingerprint density at radius 2 is 0.966 bits per heavy atom. The van der Waals surface area contributed by atoms with Crippen molar-refractivity contribution in [2.75, 3.05) is 11.5 Å². The van der Waals surface area contributed by atoms with E-state index in [1.165, 1.54) is 10.4 Å². The minimum Gasteiger partial charge on any atom is -0.430 e. The van der Waals surface area contributed by atoms with Crippen LogP contribution in [0.3, 0.4) is 0 Å². The number of rotatable bonds is 12. The summed E-state index contributed by atoms with van der Waals surface area (Å²) >= 11 is 8.87. The number of hydrogen-bond acceptors (Lipinski definition) is 4. The SMILES string of the molecule is C[Si](C)(CCCS)O[Si](O[Si](C)(C)CCCS)(c1ccccc1)c1ccccc1. The second-order valence-electron chi connectivity index (χ2n) is 8.73. The van der Waals surface area contributed by atoms with Crippen LogP contribution in [0.15, 0.2) is 60.7 Å². The summed E-state index contributed by atoms with van der Waals surface area (Å²) in [5.41, 5.74) is 0. The van der Waals surface area contributed by atoms with Crippen molar-refractivity contribution in [3.63, 3.8) is 0 Å². The minimum absolute atomic E-state index is 0.897. The number of thiol groups is 2. The molecule has 0 aliphatic carbocycles. The zero-order valence-corrected chi connectivity index (χ0v) is 23.0. The largest absolute Gasteiger partial charge is 0.430 e. The molecule has 0 aliphatic heterocycles. The molecule has 0 amide bonds. The summed E-state index contributed by atoms with van der Waals surface area (Å²) in [6.45, 7) is 9.32. The Bertz CT molecular complexity index is 664. The molecule has 2 aromatic rings. The lowest BCUT2D eigenvalue weighted by molar-refractivity contribution is 0.405. The van der Waals surface area contributed by atoms with Gasteiger partial charge in [-0.25, -0.2) is 0 Å². The third-order valence-corrected chi connectivity index (χ3v) is 17.7. The van der Waals surface area contributed by atoms with Gasteiger partial charge >= 0.3 is 8.56 Å². The van der Waals surface area contributed by atoms with Gasteiger partial charge in [-0.2, -0.15) is 25.3 Å². The molecule has 0 fully saturated rings. The maximum Gasteiger partial charge on any atom is 0.386 e. The summed E-state index contributed by atoms with van der Waals surface area (Å²) in [5.74, 6) is 1.79. The van der Waals surface area contributed by atoms with Crippen LogP contribution in [0.25, 0.3) is 0 Å². The molecule has 0 heterocycles. The van der Waals surface area contributed by atoms with Gasteiger partial charge in [0.25, 0.3) is 0 Å².